The molecule has 0 saturated heterocycles. The van der Waals surface area contributed by atoms with Gasteiger partial charge in [0.1, 0.15) is 11.6 Å². The highest BCUT2D eigenvalue weighted by Crippen LogP contribution is 2.37. The van der Waals surface area contributed by atoms with Crippen LogP contribution >= 0.6 is 0 Å². The van der Waals surface area contributed by atoms with Crippen LogP contribution in [0.1, 0.15) is 42.0 Å². The molecule has 0 bridgehead atoms. The molecule has 2 aliphatic rings. The van der Waals surface area contributed by atoms with Gasteiger partial charge in [0.25, 0.3) is 0 Å². The molecular formula is C28H30FNO. The molecule has 1 fully saturated rings. The molecule has 31 heavy (non-hydrogen) atoms. The zero-order valence-corrected chi connectivity index (χ0v) is 18.4. The van der Waals surface area contributed by atoms with Crippen molar-refractivity contribution in [1.82, 2.24) is 4.90 Å². The number of hydrogen-bond acceptors (Lipinski definition) is 2. The highest BCUT2D eigenvalue weighted by Gasteiger charge is 2.33. The van der Waals surface area contributed by atoms with Crippen LogP contribution in [0.2, 0.25) is 0 Å². The highest BCUT2D eigenvalue weighted by atomic mass is 19.1. The average Bonchev–Trinajstić information content (AvgIpc) is 3.15. The van der Waals surface area contributed by atoms with E-state index in [0.717, 1.165) is 48.3 Å². The molecule has 0 N–H and O–H groups in total. The molecule has 1 heterocycles. The fourth-order valence-corrected chi connectivity index (χ4v) is 5.05. The summed E-state index contributed by atoms with van der Waals surface area (Å²) in [4.78, 5) is 2.62. The van der Waals surface area contributed by atoms with Crippen LogP contribution in [0.4, 0.5) is 4.39 Å². The normalized spacial score (nSPS) is 20.4. The summed E-state index contributed by atoms with van der Waals surface area (Å²) in [6.07, 6.45) is 3.51. The number of hydrogen-bond donors (Lipinski definition) is 0. The molecule has 0 atom stereocenters. The van der Waals surface area contributed by atoms with E-state index >= 15 is 0 Å². The highest BCUT2D eigenvalue weighted by molar-refractivity contribution is 5.68. The minimum Gasteiger partial charge on any atom is -0.493 e. The summed E-state index contributed by atoms with van der Waals surface area (Å²) < 4.78 is 20.2. The molecule has 160 valence electrons. The fraction of sp³-hybridized carbons (Fsp3) is 0.357. The second-order valence-corrected chi connectivity index (χ2v) is 9.29. The molecule has 3 aromatic rings. The predicted molar refractivity (Wildman–Crippen MR) is 124 cm³/mol. The van der Waals surface area contributed by atoms with Gasteiger partial charge in [0.2, 0.25) is 0 Å². The van der Waals surface area contributed by atoms with Crippen molar-refractivity contribution in [2.75, 3.05) is 6.61 Å². The van der Waals surface area contributed by atoms with E-state index in [4.69, 9.17) is 4.74 Å². The molecule has 3 heteroatoms. The van der Waals surface area contributed by atoms with Gasteiger partial charge in [0, 0.05) is 31.1 Å². The first-order valence-corrected chi connectivity index (χ1v) is 11.4. The van der Waals surface area contributed by atoms with Crippen LogP contribution in [0.5, 0.6) is 5.75 Å². The largest absolute Gasteiger partial charge is 0.493 e. The second kappa shape index (κ2) is 8.47. The molecule has 5 rings (SSSR count). The Labute approximate surface area is 184 Å². The molecule has 0 radical (unpaired) electrons. The van der Waals surface area contributed by atoms with E-state index in [1.54, 1.807) is 6.07 Å². The molecule has 0 spiro atoms. The van der Waals surface area contributed by atoms with E-state index in [-0.39, 0.29) is 5.82 Å². The summed E-state index contributed by atoms with van der Waals surface area (Å²) in [6, 6.07) is 20.5. The topological polar surface area (TPSA) is 12.5 Å². The smallest absolute Gasteiger partial charge is 0.131 e. The lowest BCUT2D eigenvalue weighted by atomic mass is 9.81. The maximum absolute atomic E-state index is 14.1. The van der Waals surface area contributed by atoms with Gasteiger partial charge in [0.15, 0.2) is 0 Å². The van der Waals surface area contributed by atoms with Crippen molar-refractivity contribution in [3.63, 3.8) is 0 Å². The van der Waals surface area contributed by atoms with Gasteiger partial charge < -0.3 is 4.74 Å². The van der Waals surface area contributed by atoms with Gasteiger partial charge >= 0.3 is 0 Å². The van der Waals surface area contributed by atoms with E-state index in [0.29, 0.717) is 12.2 Å². The molecule has 0 unspecified atom stereocenters. The van der Waals surface area contributed by atoms with Crippen LogP contribution < -0.4 is 4.74 Å². The van der Waals surface area contributed by atoms with E-state index in [9.17, 15) is 4.39 Å². The van der Waals surface area contributed by atoms with Crippen LogP contribution in [0.25, 0.3) is 11.1 Å². The summed E-state index contributed by atoms with van der Waals surface area (Å²) in [6.45, 7) is 7.17. The molecule has 0 aromatic heterocycles. The maximum atomic E-state index is 14.1. The molecule has 1 aliphatic heterocycles. The van der Waals surface area contributed by atoms with E-state index in [1.165, 1.54) is 35.6 Å². The third-order valence-electron chi connectivity index (χ3n) is 6.90. The van der Waals surface area contributed by atoms with Gasteiger partial charge in [-0.3, -0.25) is 4.90 Å². The zero-order chi connectivity index (χ0) is 21.4. The first-order valence-electron chi connectivity index (χ1n) is 11.4. The van der Waals surface area contributed by atoms with Crippen molar-refractivity contribution >= 4 is 0 Å². The minimum absolute atomic E-state index is 0.177. The Bertz CT molecular complexity index is 1090. The van der Waals surface area contributed by atoms with Crippen molar-refractivity contribution in [2.45, 2.75) is 52.2 Å². The number of fused-ring (bicyclic) bond motifs is 1. The van der Waals surface area contributed by atoms with Gasteiger partial charge in [-0.15, -0.1) is 0 Å². The lowest BCUT2D eigenvalue weighted by Crippen LogP contribution is -2.40. The number of halogens is 1. The van der Waals surface area contributed by atoms with Crippen LogP contribution in [-0.4, -0.2) is 17.5 Å². The molecule has 2 nitrogen and oxygen atoms in total. The van der Waals surface area contributed by atoms with Crippen LogP contribution in [0.3, 0.4) is 0 Å². The van der Waals surface area contributed by atoms with Crippen LogP contribution in [0, 0.1) is 18.7 Å². The third kappa shape index (κ3) is 4.24. The number of nitrogens with zero attached hydrogens (tertiary/aromatic N) is 1. The number of rotatable bonds is 6. The van der Waals surface area contributed by atoms with Crippen molar-refractivity contribution in [3.8, 4) is 16.9 Å². The molecular weight excluding hydrogens is 385 g/mol. The van der Waals surface area contributed by atoms with Gasteiger partial charge in [-0.1, -0.05) is 49.4 Å². The van der Waals surface area contributed by atoms with Gasteiger partial charge in [0.05, 0.1) is 6.61 Å². The Kier molecular flexibility index (Phi) is 5.54. The van der Waals surface area contributed by atoms with Gasteiger partial charge in [-0.25, -0.2) is 4.39 Å². The summed E-state index contributed by atoms with van der Waals surface area (Å²) in [5.74, 6) is 1.67. The first-order chi connectivity index (χ1) is 15.1. The minimum atomic E-state index is -0.177. The Morgan fingerprint density at radius 1 is 0.935 bits per heavy atom. The van der Waals surface area contributed by atoms with Crippen molar-refractivity contribution < 1.29 is 9.13 Å². The van der Waals surface area contributed by atoms with Crippen LogP contribution in [0.15, 0.2) is 60.7 Å². The monoisotopic (exact) mass is 415 g/mol. The summed E-state index contributed by atoms with van der Waals surface area (Å²) in [5, 5.41) is 0. The molecule has 0 amide bonds. The second-order valence-electron chi connectivity index (χ2n) is 9.29. The van der Waals surface area contributed by atoms with E-state index < -0.39 is 0 Å². The van der Waals surface area contributed by atoms with Gasteiger partial charge in [-0.05, 0) is 71.7 Å². The molecule has 3 aromatic carbocycles. The summed E-state index contributed by atoms with van der Waals surface area (Å²) in [7, 11) is 0. The van der Waals surface area contributed by atoms with Crippen molar-refractivity contribution in [2.24, 2.45) is 5.92 Å². The maximum Gasteiger partial charge on any atom is 0.131 e. The fourth-order valence-electron chi connectivity index (χ4n) is 5.05. The third-order valence-corrected chi connectivity index (χ3v) is 6.90. The van der Waals surface area contributed by atoms with Gasteiger partial charge in [-0.2, -0.15) is 0 Å². The number of benzene rings is 3. The molecule has 1 aliphatic carbocycles. The number of aryl methyl sites for hydroxylation is 1. The summed E-state index contributed by atoms with van der Waals surface area (Å²) >= 11 is 0. The standard InChI is InChI=1S/C28H30FNO/c1-19-13-24(14-19)30-17-22-8-9-25(16-23(22)18-30)31-12-11-21-7-10-26(20(2)15-21)27-5-3-4-6-28(27)29/h3-10,15-16,19,24H,11-14,17-18H2,1-2H3. The van der Waals surface area contributed by atoms with Crippen LogP contribution in [-0.2, 0) is 19.5 Å². The van der Waals surface area contributed by atoms with Crippen molar-refractivity contribution in [3.05, 3.63) is 88.7 Å². The quantitative estimate of drug-likeness (QED) is 0.453. The zero-order valence-electron chi connectivity index (χ0n) is 18.4. The summed E-state index contributed by atoms with van der Waals surface area (Å²) in [5.41, 5.74) is 6.78. The SMILES string of the molecule is Cc1cc(CCOc2ccc3c(c2)CN(C2CC(C)C2)C3)ccc1-c1ccccc1F. The lowest BCUT2D eigenvalue weighted by Gasteiger charge is -2.39. The van der Waals surface area contributed by atoms with E-state index in [2.05, 4.69) is 42.2 Å². The predicted octanol–water partition coefficient (Wildman–Crippen LogP) is 6.54. The Morgan fingerprint density at radius 3 is 2.52 bits per heavy atom. The molecule has 1 saturated carbocycles. The van der Waals surface area contributed by atoms with E-state index in [1.807, 2.05) is 25.1 Å². The Morgan fingerprint density at radius 2 is 1.74 bits per heavy atom. The average molecular weight is 416 g/mol. The first kappa shape index (κ1) is 20.3. The lowest BCUT2D eigenvalue weighted by molar-refractivity contribution is 0.0842. The Balaban J connectivity index is 1.18. The number of ether oxygens (including phenoxy) is 1. The Hall–Kier alpha value is -2.65. The van der Waals surface area contributed by atoms with Crippen molar-refractivity contribution in [1.29, 1.82) is 0 Å².